The first kappa shape index (κ1) is 16.2. The summed E-state index contributed by atoms with van der Waals surface area (Å²) in [5.41, 5.74) is 0.771. The van der Waals surface area contributed by atoms with Gasteiger partial charge in [-0.2, -0.15) is 0 Å². The summed E-state index contributed by atoms with van der Waals surface area (Å²) in [6, 6.07) is 8.98. The molecule has 21 heavy (non-hydrogen) atoms. The first-order chi connectivity index (χ1) is 9.88. The molecule has 1 atom stereocenters. The van der Waals surface area contributed by atoms with E-state index < -0.39 is 6.10 Å². The molecule has 0 saturated heterocycles. The molecule has 0 bridgehead atoms. The number of aromatic nitrogens is 1. The molecule has 0 aliphatic rings. The molecule has 1 aromatic heterocycles. The summed E-state index contributed by atoms with van der Waals surface area (Å²) < 4.78 is 5.61. The van der Waals surface area contributed by atoms with E-state index >= 15 is 0 Å². The van der Waals surface area contributed by atoms with Crippen molar-refractivity contribution in [3.63, 3.8) is 0 Å². The normalized spacial score (nSPS) is 13.2. The first-order valence-corrected chi connectivity index (χ1v) is 7.52. The van der Waals surface area contributed by atoms with Gasteiger partial charge in [0.25, 0.3) is 0 Å². The Bertz CT molecular complexity index is 582. The van der Waals surface area contributed by atoms with Gasteiger partial charge < -0.3 is 14.8 Å². The average molecular weight is 328 g/mol. The van der Waals surface area contributed by atoms with Crippen LogP contribution in [0.3, 0.4) is 0 Å². The highest BCUT2D eigenvalue weighted by Crippen LogP contribution is 2.30. The van der Waals surface area contributed by atoms with Crippen molar-refractivity contribution < 1.29 is 9.84 Å². The van der Waals surface area contributed by atoms with Gasteiger partial charge in [-0.05, 0) is 42.2 Å². The Hall–Kier alpha value is -1.16. The summed E-state index contributed by atoms with van der Waals surface area (Å²) in [6.45, 7) is 4.19. The zero-order valence-electron chi connectivity index (χ0n) is 12.1. The number of benzene rings is 1. The smallest absolute Gasteiger partial charge is 0.138 e. The minimum absolute atomic E-state index is 0.176. The van der Waals surface area contributed by atoms with Crippen LogP contribution in [0.2, 0.25) is 10.0 Å². The summed E-state index contributed by atoms with van der Waals surface area (Å²) >= 11 is 11.9. The molecule has 0 spiro atoms. The van der Waals surface area contributed by atoms with Crippen molar-refractivity contribution in [1.29, 1.82) is 0 Å². The Labute approximate surface area is 134 Å². The third kappa shape index (κ3) is 4.40. The maximum atomic E-state index is 10.4. The Morgan fingerprint density at radius 3 is 2.67 bits per heavy atom. The van der Waals surface area contributed by atoms with E-state index in [-0.39, 0.29) is 12.0 Å². The molecule has 2 aromatic rings. The molecule has 0 fully saturated rings. The maximum absolute atomic E-state index is 10.4. The van der Waals surface area contributed by atoms with Crippen LogP contribution in [0.5, 0.6) is 5.75 Å². The second-order valence-electron chi connectivity index (χ2n) is 5.76. The van der Waals surface area contributed by atoms with Crippen LogP contribution in [0.15, 0.2) is 36.5 Å². The zero-order chi connectivity index (χ0) is 15.5. The van der Waals surface area contributed by atoms with Crippen molar-refractivity contribution in [2.24, 2.45) is 5.41 Å². The lowest BCUT2D eigenvalue weighted by Crippen LogP contribution is -2.36. The van der Waals surface area contributed by atoms with E-state index in [1.54, 1.807) is 18.2 Å². The minimum atomic E-state index is -0.618. The first-order valence-electron chi connectivity index (χ1n) is 6.77. The number of aliphatic hydroxyl groups is 1. The van der Waals surface area contributed by atoms with Gasteiger partial charge in [-0.1, -0.05) is 37.0 Å². The van der Waals surface area contributed by atoms with Gasteiger partial charge in [0.2, 0.25) is 0 Å². The van der Waals surface area contributed by atoms with Crippen molar-refractivity contribution in [1.82, 2.24) is 4.98 Å². The van der Waals surface area contributed by atoms with E-state index in [2.05, 4.69) is 4.98 Å². The van der Waals surface area contributed by atoms with Gasteiger partial charge in [0.15, 0.2) is 0 Å². The highest BCUT2D eigenvalue weighted by molar-refractivity contribution is 6.35. The number of H-pyrrole nitrogens is 1. The largest absolute Gasteiger partial charge is 0.489 e. The van der Waals surface area contributed by atoms with E-state index in [9.17, 15) is 5.11 Å². The molecule has 1 heterocycles. The fraction of sp³-hybridized carbons (Fsp3) is 0.375. The monoisotopic (exact) mass is 327 g/mol. The average Bonchev–Trinajstić information content (AvgIpc) is 2.89. The number of hydrogen-bond donors (Lipinski definition) is 2. The van der Waals surface area contributed by atoms with E-state index in [0.717, 1.165) is 12.1 Å². The molecule has 0 saturated carbocycles. The molecule has 3 nitrogen and oxygen atoms in total. The molecule has 114 valence electrons. The SMILES string of the molecule is CC(C)(Cc1ccc[nH]1)C(O)COc1ccc(Cl)cc1Cl. The van der Waals surface area contributed by atoms with E-state index in [1.165, 1.54) is 0 Å². The van der Waals surface area contributed by atoms with Gasteiger partial charge >= 0.3 is 0 Å². The van der Waals surface area contributed by atoms with Gasteiger partial charge in [0, 0.05) is 16.9 Å². The zero-order valence-corrected chi connectivity index (χ0v) is 13.6. The summed E-state index contributed by atoms with van der Waals surface area (Å²) in [5.74, 6) is 0.524. The van der Waals surface area contributed by atoms with Crippen LogP contribution in [0.4, 0.5) is 0 Å². The molecule has 0 aliphatic heterocycles. The van der Waals surface area contributed by atoms with Crippen molar-refractivity contribution >= 4 is 23.2 Å². The molecule has 1 unspecified atom stereocenters. The molecule has 0 radical (unpaired) electrons. The Morgan fingerprint density at radius 1 is 1.29 bits per heavy atom. The number of ether oxygens (including phenoxy) is 1. The van der Waals surface area contributed by atoms with E-state index in [4.69, 9.17) is 27.9 Å². The number of hydrogen-bond acceptors (Lipinski definition) is 2. The number of nitrogens with one attached hydrogen (secondary N) is 1. The fourth-order valence-corrected chi connectivity index (χ4v) is 2.54. The second-order valence-corrected chi connectivity index (χ2v) is 6.61. The summed E-state index contributed by atoms with van der Waals surface area (Å²) in [4.78, 5) is 3.15. The lowest BCUT2D eigenvalue weighted by atomic mass is 9.82. The Balaban J connectivity index is 1.95. The van der Waals surface area contributed by atoms with Crippen LogP contribution in [0.25, 0.3) is 0 Å². The van der Waals surface area contributed by atoms with Crippen LogP contribution in [0.1, 0.15) is 19.5 Å². The lowest BCUT2D eigenvalue weighted by molar-refractivity contribution is 0.0114. The topological polar surface area (TPSA) is 45.2 Å². The predicted octanol–water partition coefficient (Wildman–Crippen LogP) is 4.33. The number of halogens is 2. The van der Waals surface area contributed by atoms with Crippen LogP contribution in [0, 0.1) is 5.41 Å². The van der Waals surface area contributed by atoms with Gasteiger partial charge in [-0.3, -0.25) is 0 Å². The lowest BCUT2D eigenvalue weighted by Gasteiger charge is -2.30. The summed E-state index contributed by atoms with van der Waals surface area (Å²) in [7, 11) is 0. The molecule has 5 heteroatoms. The van der Waals surface area contributed by atoms with Crippen molar-refractivity contribution in [2.45, 2.75) is 26.4 Å². The van der Waals surface area contributed by atoms with Crippen LogP contribution in [-0.4, -0.2) is 22.8 Å². The molecular weight excluding hydrogens is 309 g/mol. The Kier molecular flexibility index (Phi) is 5.20. The number of aromatic amines is 1. The van der Waals surface area contributed by atoms with Crippen LogP contribution >= 0.6 is 23.2 Å². The molecule has 2 N–H and O–H groups in total. The van der Waals surface area contributed by atoms with Gasteiger partial charge in [0.05, 0.1) is 11.1 Å². The third-order valence-electron chi connectivity index (χ3n) is 3.50. The molecule has 0 amide bonds. The maximum Gasteiger partial charge on any atom is 0.138 e. The molecule has 1 aromatic carbocycles. The fourth-order valence-electron chi connectivity index (χ4n) is 2.07. The van der Waals surface area contributed by atoms with E-state index in [1.807, 2.05) is 32.2 Å². The second kappa shape index (κ2) is 6.73. The van der Waals surface area contributed by atoms with Crippen molar-refractivity contribution in [2.75, 3.05) is 6.61 Å². The number of rotatable bonds is 6. The third-order valence-corrected chi connectivity index (χ3v) is 4.03. The quantitative estimate of drug-likeness (QED) is 0.829. The summed E-state index contributed by atoms with van der Waals surface area (Å²) in [5, 5.41) is 11.4. The van der Waals surface area contributed by atoms with Crippen LogP contribution in [-0.2, 0) is 6.42 Å². The summed E-state index contributed by atoms with van der Waals surface area (Å²) in [6.07, 6.45) is 1.99. The molecule has 2 rings (SSSR count). The van der Waals surface area contributed by atoms with Gasteiger partial charge in [-0.25, -0.2) is 0 Å². The minimum Gasteiger partial charge on any atom is -0.489 e. The highest BCUT2D eigenvalue weighted by atomic mass is 35.5. The standard InChI is InChI=1S/C16H19Cl2NO2/c1-16(2,9-12-4-3-7-19-12)15(20)10-21-14-6-5-11(17)8-13(14)18/h3-8,15,19-20H,9-10H2,1-2H3. The van der Waals surface area contributed by atoms with Gasteiger partial charge in [0.1, 0.15) is 12.4 Å². The van der Waals surface area contributed by atoms with Crippen molar-refractivity contribution in [3.8, 4) is 5.75 Å². The molecular formula is C16H19Cl2NO2. The van der Waals surface area contributed by atoms with Crippen molar-refractivity contribution in [3.05, 3.63) is 52.3 Å². The predicted molar refractivity (Wildman–Crippen MR) is 86.2 cm³/mol. The molecule has 0 aliphatic carbocycles. The van der Waals surface area contributed by atoms with E-state index in [0.29, 0.717) is 15.8 Å². The van der Waals surface area contributed by atoms with Crippen LogP contribution < -0.4 is 4.74 Å². The van der Waals surface area contributed by atoms with Gasteiger partial charge in [-0.15, -0.1) is 0 Å². The Morgan fingerprint density at radius 2 is 2.05 bits per heavy atom. The number of aliphatic hydroxyl groups excluding tert-OH is 1. The highest BCUT2D eigenvalue weighted by Gasteiger charge is 2.29.